The van der Waals surface area contributed by atoms with Crippen LogP contribution in [0.4, 0.5) is 10.5 Å². The van der Waals surface area contributed by atoms with Crippen LogP contribution < -0.4 is 10.2 Å². The Morgan fingerprint density at radius 1 is 0.958 bits per heavy atom. The van der Waals surface area contributed by atoms with Crippen LogP contribution in [0.1, 0.15) is 11.1 Å². The van der Waals surface area contributed by atoms with Gasteiger partial charge < -0.3 is 20.2 Å². The van der Waals surface area contributed by atoms with Crippen molar-refractivity contribution >= 4 is 11.7 Å². The molecular weight excluding hydrogens is 302 g/mol. The van der Waals surface area contributed by atoms with Crippen LogP contribution in [-0.2, 0) is 13.0 Å². The summed E-state index contributed by atoms with van der Waals surface area (Å²) in [7, 11) is 5.78. The summed E-state index contributed by atoms with van der Waals surface area (Å²) in [5.74, 6) is 0.228. The summed E-state index contributed by atoms with van der Waals surface area (Å²) < 4.78 is 0. The molecule has 0 spiro atoms. The van der Waals surface area contributed by atoms with Crippen LogP contribution in [0.15, 0.2) is 48.5 Å². The lowest BCUT2D eigenvalue weighted by molar-refractivity contribution is 0.207. The maximum atomic E-state index is 12.1. The maximum Gasteiger partial charge on any atom is 0.317 e. The van der Waals surface area contributed by atoms with Crippen molar-refractivity contribution in [2.24, 2.45) is 0 Å². The smallest absolute Gasteiger partial charge is 0.317 e. The van der Waals surface area contributed by atoms with E-state index in [2.05, 4.69) is 34.5 Å². The second kappa shape index (κ2) is 8.24. The number of nitrogens with one attached hydrogen (secondary N) is 1. The predicted molar refractivity (Wildman–Crippen MR) is 97.4 cm³/mol. The third-order valence-corrected chi connectivity index (χ3v) is 3.85. The molecule has 2 rings (SSSR count). The summed E-state index contributed by atoms with van der Waals surface area (Å²) in [6.45, 7) is 1.10. The molecule has 0 saturated carbocycles. The predicted octanol–water partition coefficient (Wildman–Crippen LogP) is 2.84. The van der Waals surface area contributed by atoms with E-state index in [1.807, 2.05) is 26.2 Å². The fraction of sp³-hybridized carbons (Fsp3) is 0.316. The minimum absolute atomic E-state index is 0.104. The standard InChI is InChI=1S/C19H25N3O2/c1-21(2)17-8-4-15(5-9-17)12-13-20-19(24)22(3)14-16-6-10-18(23)11-7-16/h4-11,23H,12-14H2,1-3H3,(H,20,24). The number of benzene rings is 2. The first-order valence-electron chi connectivity index (χ1n) is 7.99. The highest BCUT2D eigenvalue weighted by molar-refractivity contribution is 5.73. The molecule has 0 saturated heterocycles. The van der Waals surface area contributed by atoms with Gasteiger partial charge in [0.2, 0.25) is 0 Å². The fourth-order valence-corrected chi connectivity index (χ4v) is 2.36. The van der Waals surface area contributed by atoms with E-state index in [9.17, 15) is 9.90 Å². The van der Waals surface area contributed by atoms with E-state index in [1.54, 1.807) is 24.1 Å². The van der Waals surface area contributed by atoms with Crippen molar-refractivity contribution in [1.29, 1.82) is 0 Å². The lowest BCUT2D eigenvalue weighted by Gasteiger charge is -2.18. The summed E-state index contributed by atoms with van der Waals surface area (Å²) in [5, 5.41) is 12.2. The van der Waals surface area contributed by atoms with Crippen molar-refractivity contribution in [1.82, 2.24) is 10.2 Å². The number of carbonyl (C=O) groups is 1. The van der Waals surface area contributed by atoms with Crippen molar-refractivity contribution in [3.63, 3.8) is 0 Å². The monoisotopic (exact) mass is 327 g/mol. The molecule has 5 heteroatoms. The van der Waals surface area contributed by atoms with Crippen LogP contribution in [0, 0.1) is 0 Å². The van der Waals surface area contributed by atoms with Crippen molar-refractivity contribution in [2.45, 2.75) is 13.0 Å². The SMILES string of the molecule is CN(Cc1ccc(O)cc1)C(=O)NCCc1ccc(N(C)C)cc1. The zero-order valence-corrected chi connectivity index (χ0v) is 14.5. The number of anilines is 1. The molecule has 0 aromatic heterocycles. The first-order valence-corrected chi connectivity index (χ1v) is 7.99. The third-order valence-electron chi connectivity index (χ3n) is 3.85. The lowest BCUT2D eigenvalue weighted by atomic mass is 10.1. The summed E-state index contributed by atoms with van der Waals surface area (Å²) in [6, 6.07) is 15.1. The number of carbonyl (C=O) groups excluding carboxylic acids is 1. The molecule has 2 amide bonds. The van der Waals surface area contributed by atoms with Gasteiger partial charge in [-0.25, -0.2) is 4.79 Å². The van der Waals surface area contributed by atoms with Gasteiger partial charge in [-0.2, -0.15) is 0 Å². The molecule has 2 N–H and O–H groups in total. The maximum absolute atomic E-state index is 12.1. The summed E-state index contributed by atoms with van der Waals surface area (Å²) in [5.41, 5.74) is 3.34. The highest BCUT2D eigenvalue weighted by atomic mass is 16.3. The molecule has 0 fully saturated rings. The number of hydrogen-bond donors (Lipinski definition) is 2. The van der Waals surface area contributed by atoms with E-state index in [0.717, 1.165) is 17.7 Å². The van der Waals surface area contributed by atoms with Gasteiger partial charge in [0.25, 0.3) is 0 Å². The Hall–Kier alpha value is -2.69. The summed E-state index contributed by atoms with van der Waals surface area (Å²) in [6.07, 6.45) is 0.798. The first-order chi connectivity index (χ1) is 11.5. The Morgan fingerprint density at radius 2 is 1.54 bits per heavy atom. The fourth-order valence-electron chi connectivity index (χ4n) is 2.36. The van der Waals surface area contributed by atoms with Gasteiger partial charge in [0, 0.05) is 39.9 Å². The van der Waals surface area contributed by atoms with Gasteiger partial charge in [-0.05, 0) is 41.8 Å². The quantitative estimate of drug-likeness (QED) is 0.858. The number of hydrogen-bond acceptors (Lipinski definition) is 3. The molecule has 0 aliphatic rings. The highest BCUT2D eigenvalue weighted by Gasteiger charge is 2.08. The van der Waals surface area contributed by atoms with Crippen molar-refractivity contribution < 1.29 is 9.90 Å². The molecule has 2 aromatic carbocycles. The van der Waals surface area contributed by atoms with Crippen LogP contribution in [0.25, 0.3) is 0 Å². The molecule has 0 heterocycles. The molecule has 5 nitrogen and oxygen atoms in total. The molecule has 0 bridgehead atoms. The molecule has 2 aromatic rings. The van der Waals surface area contributed by atoms with E-state index in [4.69, 9.17) is 0 Å². The molecule has 0 atom stereocenters. The number of rotatable bonds is 6. The third kappa shape index (κ3) is 5.19. The van der Waals surface area contributed by atoms with Gasteiger partial charge in [-0.15, -0.1) is 0 Å². The molecule has 0 aliphatic heterocycles. The van der Waals surface area contributed by atoms with Crippen LogP contribution in [0.2, 0.25) is 0 Å². The average molecular weight is 327 g/mol. The van der Waals surface area contributed by atoms with Gasteiger partial charge >= 0.3 is 6.03 Å². The van der Waals surface area contributed by atoms with Crippen LogP contribution >= 0.6 is 0 Å². The number of phenols is 1. The zero-order valence-electron chi connectivity index (χ0n) is 14.5. The Balaban J connectivity index is 1.76. The van der Waals surface area contributed by atoms with Crippen LogP contribution in [-0.4, -0.2) is 43.7 Å². The van der Waals surface area contributed by atoms with Crippen LogP contribution in [0.5, 0.6) is 5.75 Å². The minimum Gasteiger partial charge on any atom is -0.508 e. The van der Waals surface area contributed by atoms with Crippen molar-refractivity contribution in [3.8, 4) is 5.75 Å². The lowest BCUT2D eigenvalue weighted by Crippen LogP contribution is -2.37. The first kappa shape index (κ1) is 17.7. The zero-order chi connectivity index (χ0) is 17.5. The van der Waals surface area contributed by atoms with E-state index in [-0.39, 0.29) is 11.8 Å². The van der Waals surface area contributed by atoms with E-state index >= 15 is 0 Å². The second-order valence-corrected chi connectivity index (χ2v) is 6.07. The van der Waals surface area contributed by atoms with Gasteiger partial charge in [0.1, 0.15) is 5.75 Å². The average Bonchev–Trinajstić information content (AvgIpc) is 2.57. The number of aromatic hydroxyl groups is 1. The number of phenolic OH excluding ortho intramolecular Hbond substituents is 1. The largest absolute Gasteiger partial charge is 0.508 e. The summed E-state index contributed by atoms with van der Waals surface area (Å²) in [4.78, 5) is 15.8. The molecule has 0 unspecified atom stereocenters. The van der Waals surface area contributed by atoms with Crippen LogP contribution in [0.3, 0.4) is 0 Å². The normalized spacial score (nSPS) is 10.3. The molecule has 128 valence electrons. The van der Waals surface area contributed by atoms with Gasteiger partial charge in [0.05, 0.1) is 0 Å². The topological polar surface area (TPSA) is 55.8 Å². The Labute approximate surface area is 143 Å². The van der Waals surface area contributed by atoms with Crippen molar-refractivity contribution in [3.05, 3.63) is 59.7 Å². The number of urea groups is 1. The highest BCUT2D eigenvalue weighted by Crippen LogP contribution is 2.13. The molecule has 24 heavy (non-hydrogen) atoms. The van der Waals surface area contributed by atoms with Gasteiger partial charge in [0.15, 0.2) is 0 Å². The molecular formula is C19H25N3O2. The van der Waals surface area contributed by atoms with Gasteiger partial charge in [-0.1, -0.05) is 24.3 Å². The number of amides is 2. The Kier molecular flexibility index (Phi) is 6.07. The van der Waals surface area contributed by atoms with Crippen molar-refractivity contribution in [2.75, 3.05) is 32.6 Å². The van der Waals surface area contributed by atoms with E-state index in [1.165, 1.54) is 5.56 Å². The Bertz CT molecular complexity index is 651. The van der Waals surface area contributed by atoms with E-state index in [0.29, 0.717) is 13.1 Å². The molecule has 0 radical (unpaired) electrons. The minimum atomic E-state index is -0.104. The summed E-state index contributed by atoms with van der Waals surface area (Å²) >= 11 is 0. The van der Waals surface area contributed by atoms with E-state index < -0.39 is 0 Å². The second-order valence-electron chi connectivity index (χ2n) is 6.07. The Morgan fingerprint density at radius 3 is 2.12 bits per heavy atom. The van der Waals surface area contributed by atoms with Gasteiger partial charge in [-0.3, -0.25) is 0 Å². The molecule has 0 aliphatic carbocycles. The number of nitrogens with zero attached hydrogens (tertiary/aromatic N) is 2.